The molecule has 0 aliphatic heterocycles. The van der Waals surface area contributed by atoms with Crippen LogP contribution in [0.3, 0.4) is 0 Å². The van der Waals surface area contributed by atoms with Gasteiger partial charge in [0.25, 0.3) is 5.56 Å². The summed E-state index contributed by atoms with van der Waals surface area (Å²) in [6.07, 6.45) is 1.56. The van der Waals surface area contributed by atoms with Crippen LogP contribution in [0.1, 0.15) is 6.92 Å². The second-order valence-electron chi connectivity index (χ2n) is 2.40. The summed E-state index contributed by atoms with van der Waals surface area (Å²) in [6.45, 7) is 2.31. The number of hydrogen-bond acceptors (Lipinski definition) is 3. The van der Waals surface area contributed by atoms with Gasteiger partial charge in [0.05, 0.1) is 12.7 Å². The van der Waals surface area contributed by atoms with Gasteiger partial charge in [-0.25, -0.2) is 0 Å². The van der Waals surface area contributed by atoms with Crippen molar-refractivity contribution in [2.75, 3.05) is 6.61 Å². The SMILES string of the molecule is CCOc1cccn(CC#N)c1=O. The van der Waals surface area contributed by atoms with Crippen LogP contribution in [-0.4, -0.2) is 11.2 Å². The van der Waals surface area contributed by atoms with Crippen molar-refractivity contribution in [3.8, 4) is 11.8 Å². The van der Waals surface area contributed by atoms with Gasteiger partial charge in [-0.2, -0.15) is 5.26 Å². The van der Waals surface area contributed by atoms with E-state index in [0.29, 0.717) is 12.4 Å². The lowest BCUT2D eigenvalue weighted by Crippen LogP contribution is -2.20. The summed E-state index contributed by atoms with van der Waals surface area (Å²) in [5.41, 5.74) is -0.258. The number of nitrogens with zero attached hydrogens (tertiary/aromatic N) is 2. The minimum absolute atomic E-state index is 0.0553. The van der Waals surface area contributed by atoms with Crippen molar-refractivity contribution in [3.63, 3.8) is 0 Å². The van der Waals surface area contributed by atoms with Crippen molar-refractivity contribution in [1.29, 1.82) is 5.26 Å². The molecule has 0 fully saturated rings. The number of pyridine rings is 1. The Labute approximate surface area is 76.0 Å². The fraction of sp³-hybridized carbons (Fsp3) is 0.333. The van der Waals surface area contributed by atoms with E-state index < -0.39 is 0 Å². The van der Waals surface area contributed by atoms with Crippen molar-refractivity contribution in [2.45, 2.75) is 13.5 Å². The van der Waals surface area contributed by atoms with E-state index in [1.54, 1.807) is 25.3 Å². The van der Waals surface area contributed by atoms with Crippen LogP contribution in [0, 0.1) is 11.3 Å². The highest BCUT2D eigenvalue weighted by atomic mass is 16.5. The standard InChI is InChI=1S/C9H10N2O2/c1-2-13-8-4-3-6-11(7-5-10)9(8)12/h3-4,6H,2,7H2,1H3. The molecule has 0 radical (unpaired) electrons. The average molecular weight is 178 g/mol. The van der Waals surface area contributed by atoms with Crippen molar-refractivity contribution < 1.29 is 4.74 Å². The lowest BCUT2D eigenvalue weighted by atomic mass is 10.4. The normalized spacial score (nSPS) is 9.23. The monoisotopic (exact) mass is 178 g/mol. The van der Waals surface area contributed by atoms with E-state index in [-0.39, 0.29) is 12.1 Å². The zero-order valence-corrected chi connectivity index (χ0v) is 7.36. The molecule has 68 valence electrons. The van der Waals surface area contributed by atoms with E-state index in [0.717, 1.165) is 0 Å². The summed E-state index contributed by atoms with van der Waals surface area (Å²) in [5.74, 6) is 0.292. The van der Waals surface area contributed by atoms with Crippen LogP contribution in [0.2, 0.25) is 0 Å². The van der Waals surface area contributed by atoms with Gasteiger partial charge in [-0.1, -0.05) is 0 Å². The molecule has 1 heterocycles. The first kappa shape index (κ1) is 9.33. The van der Waals surface area contributed by atoms with E-state index in [2.05, 4.69) is 0 Å². The van der Waals surface area contributed by atoms with Gasteiger partial charge in [-0.05, 0) is 19.1 Å². The van der Waals surface area contributed by atoms with E-state index >= 15 is 0 Å². The molecule has 0 aromatic carbocycles. The minimum Gasteiger partial charge on any atom is -0.488 e. The molecule has 0 saturated heterocycles. The summed E-state index contributed by atoms with van der Waals surface area (Å²) in [7, 11) is 0. The molecule has 1 aromatic rings. The first-order valence-electron chi connectivity index (χ1n) is 3.98. The Morgan fingerprint density at radius 1 is 1.69 bits per heavy atom. The fourth-order valence-electron chi connectivity index (χ4n) is 0.981. The molecule has 1 rings (SSSR count). The molecular formula is C9H10N2O2. The number of nitriles is 1. The van der Waals surface area contributed by atoms with Gasteiger partial charge >= 0.3 is 0 Å². The smallest absolute Gasteiger partial charge is 0.293 e. The Morgan fingerprint density at radius 3 is 3.08 bits per heavy atom. The molecular weight excluding hydrogens is 168 g/mol. The Bertz CT molecular complexity index is 376. The predicted molar refractivity (Wildman–Crippen MR) is 47.5 cm³/mol. The van der Waals surface area contributed by atoms with Crippen LogP contribution in [0.4, 0.5) is 0 Å². The molecule has 0 spiro atoms. The molecule has 0 aliphatic rings. The molecule has 13 heavy (non-hydrogen) atoms. The van der Waals surface area contributed by atoms with E-state index in [9.17, 15) is 4.79 Å². The highest BCUT2D eigenvalue weighted by Crippen LogP contribution is 2.00. The topological polar surface area (TPSA) is 55.0 Å². The average Bonchev–Trinajstić information content (AvgIpc) is 2.13. The van der Waals surface area contributed by atoms with Gasteiger partial charge in [0.1, 0.15) is 6.54 Å². The quantitative estimate of drug-likeness (QED) is 0.687. The molecule has 0 saturated carbocycles. The fourth-order valence-corrected chi connectivity index (χ4v) is 0.981. The third-order valence-electron chi connectivity index (χ3n) is 1.53. The number of hydrogen-bond donors (Lipinski definition) is 0. The molecule has 4 heteroatoms. The van der Waals surface area contributed by atoms with Gasteiger partial charge in [-0.3, -0.25) is 9.36 Å². The summed E-state index contributed by atoms with van der Waals surface area (Å²) in [6, 6.07) is 5.18. The molecule has 0 bridgehead atoms. The van der Waals surface area contributed by atoms with Crippen LogP contribution in [0.15, 0.2) is 23.1 Å². The third kappa shape index (κ3) is 2.09. The maximum absolute atomic E-state index is 11.4. The highest BCUT2D eigenvalue weighted by molar-refractivity contribution is 5.17. The Balaban J connectivity index is 3.05. The summed E-state index contributed by atoms with van der Waals surface area (Å²) in [4.78, 5) is 11.4. The molecule has 1 aromatic heterocycles. The van der Waals surface area contributed by atoms with Crippen molar-refractivity contribution >= 4 is 0 Å². The molecule has 0 N–H and O–H groups in total. The lowest BCUT2D eigenvalue weighted by molar-refractivity contribution is 0.332. The maximum atomic E-state index is 11.4. The van der Waals surface area contributed by atoms with Crippen LogP contribution in [0.5, 0.6) is 5.75 Å². The van der Waals surface area contributed by atoms with Gasteiger partial charge in [0.15, 0.2) is 5.75 Å². The number of ether oxygens (including phenoxy) is 1. The van der Waals surface area contributed by atoms with Gasteiger partial charge < -0.3 is 4.74 Å². The Kier molecular flexibility index (Phi) is 3.09. The summed E-state index contributed by atoms with van der Waals surface area (Å²) in [5, 5.41) is 8.41. The van der Waals surface area contributed by atoms with Crippen molar-refractivity contribution in [1.82, 2.24) is 4.57 Å². The molecule has 0 aliphatic carbocycles. The summed E-state index contributed by atoms with van der Waals surface area (Å²) >= 11 is 0. The third-order valence-corrected chi connectivity index (χ3v) is 1.53. The van der Waals surface area contributed by atoms with Crippen LogP contribution in [-0.2, 0) is 6.54 Å². The second kappa shape index (κ2) is 4.31. The second-order valence-corrected chi connectivity index (χ2v) is 2.40. The van der Waals surface area contributed by atoms with E-state index in [1.807, 2.05) is 6.07 Å². The molecule has 0 atom stereocenters. The molecule has 0 unspecified atom stereocenters. The minimum atomic E-state index is -0.258. The van der Waals surface area contributed by atoms with E-state index in [1.165, 1.54) is 4.57 Å². The number of rotatable bonds is 3. The zero-order chi connectivity index (χ0) is 9.68. The van der Waals surface area contributed by atoms with Crippen LogP contribution < -0.4 is 10.3 Å². The predicted octanol–water partition coefficient (Wildman–Crippen LogP) is 0.771. The zero-order valence-electron chi connectivity index (χ0n) is 7.36. The van der Waals surface area contributed by atoms with Crippen LogP contribution in [0.25, 0.3) is 0 Å². The maximum Gasteiger partial charge on any atom is 0.293 e. The molecule has 0 amide bonds. The molecule has 4 nitrogen and oxygen atoms in total. The Hall–Kier alpha value is -1.76. The largest absolute Gasteiger partial charge is 0.488 e. The van der Waals surface area contributed by atoms with Crippen molar-refractivity contribution in [3.05, 3.63) is 28.7 Å². The van der Waals surface area contributed by atoms with Crippen LogP contribution >= 0.6 is 0 Å². The Morgan fingerprint density at radius 2 is 2.46 bits per heavy atom. The number of aromatic nitrogens is 1. The van der Waals surface area contributed by atoms with E-state index in [4.69, 9.17) is 10.00 Å². The van der Waals surface area contributed by atoms with Gasteiger partial charge in [0.2, 0.25) is 0 Å². The van der Waals surface area contributed by atoms with Gasteiger partial charge in [0, 0.05) is 6.20 Å². The lowest BCUT2D eigenvalue weighted by Gasteiger charge is -2.04. The first-order chi connectivity index (χ1) is 6.29. The summed E-state index contributed by atoms with van der Waals surface area (Å²) < 4.78 is 6.39. The highest BCUT2D eigenvalue weighted by Gasteiger charge is 2.01. The van der Waals surface area contributed by atoms with Crippen molar-refractivity contribution in [2.24, 2.45) is 0 Å². The van der Waals surface area contributed by atoms with Gasteiger partial charge in [-0.15, -0.1) is 0 Å². The first-order valence-corrected chi connectivity index (χ1v) is 3.98.